The van der Waals surface area contributed by atoms with Gasteiger partial charge in [0.15, 0.2) is 5.82 Å². The molecule has 50 valence electrons. The predicted molar refractivity (Wildman–Crippen MR) is 37.5 cm³/mol. The van der Waals surface area contributed by atoms with Crippen LogP contribution >= 0.6 is 0 Å². The molecule has 2 rings (SSSR count). The summed E-state index contributed by atoms with van der Waals surface area (Å²) in [6.45, 7) is 0. The largest absolute Gasteiger partial charge is 0.360 e. The summed E-state index contributed by atoms with van der Waals surface area (Å²) in [5, 5.41) is 3.25. The number of hydrogen-bond donors (Lipinski definition) is 3. The third kappa shape index (κ3) is 0.556. The molecule has 2 heterocycles. The molecule has 0 aromatic carbocycles. The highest BCUT2D eigenvalue weighted by Gasteiger charge is 1.97. The monoisotopic (exact) mass is 134 g/mol. The number of nitrogens with zero attached hydrogens (tertiary/aromatic N) is 1. The molecule has 0 aliphatic carbocycles. The van der Waals surface area contributed by atoms with Crippen molar-refractivity contribution in [2.75, 3.05) is 0 Å². The molecule has 0 atom stereocenters. The fourth-order valence-corrected chi connectivity index (χ4v) is 0.982. The fraction of sp³-hybridized carbons (Fsp3) is 0. The molecule has 3 N–H and O–H groups in total. The summed E-state index contributed by atoms with van der Waals surface area (Å²) in [6.07, 6.45) is 1.84. The zero-order valence-corrected chi connectivity index (χ0v) is 5.18. The number of H-pyrrole nitrogens is 2. The van der Waals surface area contributed by atoms with Crippen molar-refractivity contribution in [3.8, 4) is 0 Å². The van der Waals surface area contributed by atoms with E-state index in [0.717, 1.165) is 11.0 Å². The van der Waals surface area contributed by atoms with E-state index in [-0.39, 0.29) is 0 Å². The van der Waals surface area contributed by atoms with Crippen LogP contribution in [0.25, 0.3) is 11.0 Å². The van der Waals surface area contributed by atoms with Gasteiger partial charge in [-0.15, -0.1) is 5.11 Å². The van der Waals surface area contributed by atoms with Crippen molar-refractivity contribution in [2.24, 2.45) is 5.11 Å². The van der Waals surface area contributed by atoms with E-state index >= 15 is 0 Å². The molecule has 0 unspecified atom stereocenters. The van der Waals surface area contributed by atoms with E-state index in [1.807, 2.05) is 12.3 Å². The molecule has 0 saturated heterocycles. The van der Waals surface area contributed by atoms with E-state index in [1.165, 1.54) is 0 Å². The van der Waals surface area contributed by atoms with E-state index in [4.69, 9.17) is 5.53 Å². The van der Waals surface area contributed by atoms with Crippen LogP contribution in [0.4, 0.5) is 5.82 Å². The molecule has 2 aromatic rings. The smallest absolute Gasteiger partial charge is 0.154 e. The standard InChI is InChI=1S/C6H6N4/c7-10-6-3-5-4(9-6)1-2-8-5/h1-3,7-9H. The minimum atomic E-state index is 0.585. The van der Waals surface area contributed by atoms with Gasteiger partial charge < -0.3 is 9.97 Å². The molecular formula is C6H6N4. The predicted octanol–water partition coefficient (Wildman–Crippen LogP) is 2.16. The average molecular weight is 134 g/mol. The topological polar surface area (TPSA) is 67.8 Å². The number of rotatable bonds is 1. The SMILES string of the molecule is N=Nc1cc2[nH]ccc2[nH]1. The first-order valence-corrected chi connectivity index (χ1v) is 2.94. The Morgan fingerprint density at radius 3 is 3.00 bits per heavy atom. The molecule has 0 spiro atoms. The Balaban J connectivity index is 2.78. The first kappa shape index (κ1) is 5.22. The van der Waals surface area contributed by atoms with Gasteiger partial charge in [0.2, 0.25) is 0 Å². The van der Waals surface area contributed by atoms with Gasteiger partial charge in [-0.25, -0.2) is 5.53 Å². The van der Waals surface area contributed by atoms with E-state index in [9.17, 15) is 0 Å². The Hall–Kier alpha value is -1.58. The molecule has 10 heavy (non-hydrogen) atoms. The second kappa shape index (κ2) is 1.70. The van der Waals surface area contributed by atoms with Crippen LogP contribution < -0.4 is 0 Å². The zero-order valence-electron chi connectivity index (χ0n) is 5.18. The summed E-state index contributed by atoms with van der Waals surface area (Å²) in [4.78, 5) is 5.94. The lowest BCUT2D eigenvalue weighted by molar-refractivity contribution is 1.11. The molecule has 0 bridgehead atoms. The summed E-state index contributed by atoms with van der Waals surface area (Å²) in [6, 6.07) is 3.70. The molecular weight excluding hydrogens is 128 g/mol. The molecule has 4 nitrogen and oxygen atoms in total. The van der Waals surface area contributed by atoms with Crippen LogP contribution in [-0.4, -0.2) is 9.97 Å². The second-order valence-corrected chi connectivity index (χ2v) is 2.07. The van der Waals surface area contributed by atoms with Crippen molar-refractivity contribution in [1.82, 2.24) is 9.97 Å². The van der Waals surface area contributed by atoms with Crippen molar-refractivity contribution in [1.29, 1.82) is 5.53 Å². The van der Waals surface area contributed by atoms with Gasteiger partial charge in [0, 0.05) is 12.3 Å². The van der Waals surface area contributed by atoms with Crippen molar-refractivity contribution >= 4 is 16.9 Å². The molecule has 2 aromatic heterocycles. The van der Waals surface area contributed by atoms with Crippen LogP contribution in [-0.2, 0) is 0 Å². The lowest BCUT2D eigenvalue weighted by Crippen LogP contribution is -1.56. The first-order chi connectivity index (χ1) is 4.90. The lowest BCUT2D eigenvalue weighted by Gasteiger charge is -1.75. The maximum absolute atomic E-state index is 6.69. The fourth-order valence-electron chi connectivity index (χ4n) is 0.982. The summed E-state index contributed by atoms with van der Waals surface area (Å²) in [7, 11) is 0. The maximum atomic E-state index is 6.69. The molecule has 0 saturated carbocycles. The van der Waals surface area contributed by atoms with Crippen LogP contribution in [0.1, 0.15) is 0 Å². The summed E-state index contributed by atoms with van der Waals surface area (Å²) >= 11 is 0. The van der Waals surface area contributed by atoms with Crippen LogP contribution in [0.15, 0.2) is 23.4 Å². The normalized spacial score (nSPS) is 10.4. The quantitative estimate of drug-likeness (QED) is 0.500. The third-order valence-corrected chi connectivity index (χ3v) is 1.44. The highest BCUT2D eigenvalue weighted by molar-refractivity contribution is 5.79. The zero-order chi connectivity index (χ0) is 6.97. The van der Waals surface area contributed by atoms with Crippen molar-refractivity contribution in [2.45, 2.75) is 0 Å². The van der Waals surface area contributed by atoms with Gasteiger partial charge in [0.05, 0.1) is 11.0 Å². The van der Waals surface area contributed by atoms with Crippen molar-refractivity contribution in [3.63, 3.8) is 0 Å². The van der Waals surface area contributed by atoms with Gasteiger partial charge in [-0.2, -0.15) is 0 Å². The van der Waals surface area contributed by atoms with E-state index in [0.29, 0.717) is 5.82 Å². The van der Waals surface area contributed by atoms with Crippen LogP contribution in [0.5, 0.6) is 0 Å². The Morgan fingerprint density at radius 2 is 2.30 bits per heavy atom. The van der Waals surface area contributed by atoms with E-state index in [2.05, 4.69) is 15.1 Å². The highest BCUT2D eigenvalue weighted by atomic mass is 15.0. The van der Waals surface area contributed by atoms with Gasteiger partial charge in [-0.1, -0.05) is 0 Å². The van der Waals surface area contributed by atoms with Crippen molar-refractivity contribution in [3.05, 3.63) is 18.3 Å². The first-order valence-electron chi connectivity index (χ1n) is 2.94. The number of aromatic amines is 2. The molecule has 0 radical (unpaired) electrons. The molecule has 4 heteroatoms. The van der Waals surface area contributed by atoms with Gasteiger partial charge in [0.25, 0.3) is 0 Å². The number of aromatic nitrogens is 2. The molecule has 0 aliphatic heterocycles. The van der Waals surface area contributed by atoms with Gasteiger partial charge in [-0.05, 0) is 6.07 Å². The lowest BCUT2D eigenvalue weighted by atomic mass is 10.5. The van der Waals surface area contributed by atoms with Crippen LogP contribution in [0.3, 0.4) is 0 Å². The van der Waals surface area contributed by atoms with Crippen molar-refractivity contribution < 1.29 is 0 Å². The third-order valence-electron chi connectivity index (χ3n) is 1.44. The molecule has 0 aliphatic rings. The Labute approximate surface area is 56.8 Å². The van der Waals surface area contributed by atoms with Gasteiger partial charge >= 0.3 is 0 Å². The number of hydrogen-bond acceptors (Lipinski definition) is 2. The number of nitrogens with one attached hydrogen (secondary N) is 3. The average Bonchev–Trinajstić information content (AvgIpc) is 2.42. The molecule has 0 fully saturated rings. The highest BCUT2D eigenvalue weighted by Crippen LogP contribution is 2.18. The van der Waals surface area contributed by atoms with Gasteiger partial charge in [0.1, 0.15) is 0 Å². The maximum Gasteiger partial charge on any atom is 0.154 e. The van der Waals surface area contributed by atoms with E-state index in [1.54, 1.807) is 6.07 Å². The minimum Gasteiger partial charge on any atom is -0.360 e. The van der Waals surface area contributed by atoms with Gasteiger partial charge in [-0.3, -0.25) is 0 Å². The summed E-state index contributed by atoms with van der Waals surface area (Å²) in [5.74, 6) is 0.585. The molecule has 0 amide bonds. The summed E-state index contributed by atoms with van der Waals surface area (Å²) < 4.78 is 0. The Morgan fingerprint density at radius 1 is 1.40 bits per heavy atom. The minimum absolute atomic E-state index is 0.585. The Bertz CT molecular complexity index is 328. The van der Waals surface area contributed by atoms with Crippen LogP contribution in [0, 0.1) is 5.53 Å². The second-order valence-electron chi connectivity index (χ2n) is 2.07. The van der Waals surface area contributed by atoms with Crippen LogP contribution in [0.2, 0.25) is 0 Å². The summed E-state index contributed by atoms with van der Waals surface area (Å²) in [5.41, 5.74) is 8.68. The Kier molecular flexibility index (Phi) is 0.887. The number of fused-ring (bicyclic) bond motifs is 1. The van der Waals surface area contributed by atoms with E-state index < -0.39 is 0 Å².